The van der Waals surface area contributed by atoms with Crippen LogP contribution in [-0.2, 0) is 0 Å². The van der Waals surface area contributed by atoms with Gasteiger partial charge in [-0.25, -0.2) is 0 Å². The topological polar surface area (TPSA) is 0 Å². The van der Waals surface area contributed by atoms with Gasteiger partial charge < -0.3 is 0 Å². The Morgan fingerprint density at radius 1 is 0.789 bits per heavy atom. The molecule has 0 heterocycles. The van der Waals surface area contributed by atoms with Gasteiger partial charge in [-0.3, -0.25) is 0 Å². The van der Waals surface area contributed by atoms with E-state index in [0.717, 1.165) is 0 Å². The Balaban J connectivity index is 0.00000180. The molecule has 0 fully saturated rings. The van der Waals surface area contributed by atoms with E-state index in [1.807, 2.05) is 22.4 Å². The first-order valence-corrected chi connectivity index (χ1v) is 11.8. The third-order valence-electron chi connectivity index (χ3n) is 2.59. The van der Waals surface area contributed by atoms with E-state index in [1.54, 1.807) is 0 Å². The summed E-state index contributed by atoms with van der Waals surface area (Å²) in [5.74, 6) is 0. The number of hydrogen-bond acceptors (Lipinski definition) is 2. The monoisotopic (exact) mass is 330 g/mol. The molecule has 2 rings (SSSR count). The molecule has 0 bridgehead atoms. The molecule has 0 atom stereocenters. The highest BCUT2D eigenvalue weighted by Crippen LogP contribution is 2.33. The van der Waals surface area contributed by atoms with Gasteiger partial charge >= 0.3 is 0 Å². The van der Waals surface area contributed by atoms with Crippen molar-refractivity contribution >= 4 is 49.8 Å². The maximum atomic E-state index is 3.90. The van der Waals surface area contributed by atoms with Gasteiger partial charge in [-0.05, 0) is 37.1 Å². The van der Waals surface area contributed by atoms with E-state index < -0.39 is 6.61 Å². The van der Waals surface area contributed by atoms with Crippen molar-refractivity contribution in [2.45, 2.75) is 23.6 Å². The van der Waals surface area contributed by atoms with Gasteiger partial charge in [0.25, 0.3) is 0 Å². The molecule has 19 heavy (non-hydrogen) atoms. The Labute approximate surface area is 132 Å². The van der Waals surface area contributed by atoms with Gasteiger partial charge in [0.05, 0.1) is 0 Å². The van der Waals surface area contributed by atoms with Gasteiger partial charge in [0.2, 0.25) is 0 Å². The van der Waals surface area contributed by atoms with Crippen molar-refractivity contribution in [1.82, 2.24) is 0 Å². The van der Waals surface area contributed by atoms with Gasteiger partial charge in [0.1, 0.15) is 0 Å². The summed E-state index contributed by atoms with van der Waals surface area (Å²) in [6.45, 7) is 3.64. The Bertz CT molecular complexity index is 484. The second-order valence-corrected chi connectivity index (χ2v) is 14.0. The molecule has 5 heteroatoms. The number of aryl methyl sites for hydroxylation is 2. The predicted octanol–water partition coefficient (Wildman–Crippen LogP) is 3.96. The van der Waals surface area contributed by atoms with Crippen LogP contribution in [0.1, 0.15) is 11.1 Å². The van der Waals surface area contributed by atoms with Crippen molar-refractivity contribution in [2.75, 3.05) is 0 Å². The van der Waals surface area contributed by atoms with Crippen molar-refractivity contribution in [3.63, 3.8) is 0 Å². The van der Waals surface area contributed by atoms with Gasteiger partial charge in [-0.15, -0.1) is 22.4 Å². The molecule has 0 aromatic heterocycles. The van der Waals surface area contributed by atoms with Gasteiger partial charge in [0.15, 0.2) is 6.61 Å². The highest BCUT2D eigenvalue weighted by molar-refractivity contribution is 8.58. The molecule has 0 aliphatic carbocycles. The summed E-state index contributed by atoms with van der Waals surface area (Å²) in [6, 6.07) is 17.1. The predicted molar refractivity (Wildman–Crippen MR) is 91.3 cm³/mol. The maximum absolute atomic E-state index is 3.90. The zero-order valence-corrected chi connectivity index (χ0v) is 15.6. The highest BCUT2D eigenvalue weighted by atomic mass is 32.6. The van der Waals surface area contributed by atoms with Crippen molar-refractivity contribution in [2.24, 2.45) is 0 Å². The smallest absolute Gasteiger partial charge is 0.143 e. The van der Waals surface area contributed by atoms with E-state index in [9.17, 15) is 0 Å². The normalized spacial score (nSPS) is 10.3. The van der Waals surface area contributed by atoms with Crippen molar-refractivity contribution in [3.8, 4) is 0 Å². The van der Waals surface area contributed by atoms with Crippen LogP contribution in [-0.4, -0.2) is 27.3 Å². The zero-order valence-electron chi connectivity index (χ0n) is 10.9. The molecule has 0 aliphatic rings. The van der Waals surface area contributed by atoms with E-state index in [2.05, 4.69) is 72.1 Å². The molecule has 8 radical (unpaired) electrons. The number of hydrogen-bond donors (Lipinski definition) is 0. The summed E-state index contributed by atoms with van der Waals surface area (Å²) in [5, 5.41) is 0. The SMILES string of the molecule is Cc1ccccc1S[Si]([Si])Sc1ccccc1C.[Si]. The molecular formula is C14H14S2Si3. The Morgan fingerprint density at radius 2 is 1.16 bits per heavy atom. The lowest BCUT2D eigenvalue weighted by Gasteiger charge is -2.12. The lowest BCUT2D eigenvalue weighted by atomic mass is 10.2. The molecule has 0 N–H and O–H groups in total. The standard InChI is InChI=1S/C14H14S2Si2.Si/c1-11-7-3-5-9-13(11)15-18(17)16-14-10-6-4-8-12(14)2;/h3-10H,1-2H3;. The Kier molecular flexibility index (Phi) is 7.24. The van der Waals surface area contributed by atoms with Crippen LogP contribution >= 0.6 is 22.4 Å². The largest absolute Gasteiger partial charge is 0.180 e. The van der Waals surface area contributed by atoms with Gasteiger partial charge in [-0.2, -0.15) is 0 Å². The molecule has 0 spiro atoms. The summed E-state index contributed by atoms with van der Waals surface area (Å²) in [5.41, 5.74) is 2.71. The van der Waals surface area contributed by atoms with Gasteiger partial charge in [-0.1, -0.05) is 36.4 Å². The average molecular weight is 331 g/mol. The molecule has 0 aliphatic heterocycles. The zero-order chi connectivity index (χ0) is 13.0. The maximum Gasteiger partial charge on any atom is 0.180 e. The average Bonchev–Trinajstić information content (AvgIpc) is 2.35. The Morgan fingerprint density at radius 3 is 1.53 bits per heavy atom. The van der Waals surface area contributed by atoms with Crippen LogP contribution in [0.15, 0.2) is 58.3 Å². The van der Waals surface area contributed by atoms with Crippen LogP contribution in [0.4, 0.5) is 0 Å². The van der Waals surface area contributed by atoms with Crippen LogP contribution in [0, 0.1) is 13.8 Å². The van der Waals surface area contributed by atoms with Crippen LogP contribution in [0.5, 0.6) is 0 Å². The fourth-order valence-corrected chi connectivity index (χ4v) is 9.42. The third kappa shape index (κ3) is 5.00. The van der Waals surface area contributed by atoms with E-state index >= 15 is 0 Å². The first-order valence-electron chi connectivity index (χ1n) is 5.72. The minimum Gasteiger partial charge on any atom is -0.143 e. The third-order valence-corrected chi connectivity index (χ3v) is 10.1. The van der Waals surface area contributed by atoms with E-state index in [1.165, 1.54) is 20.9 Å². The van der Waals surface area contributed by atoms with Crippen LogP contribution < -0.4 is 0 Å². The van der Waals surface area contributed by atoms with Crippen LogP contribution in [0.2, 0.25) is 0 Å². The summed E-state index contributed by atoms with van der Waals surface area (Å²) in [6.07, 6.45) is 0. The van der Waals surface area contributed by atoms with E-state index in [4.69, 9.17) is 0 Å². The van der Waals surface area contributed by atoms with Crippen LogP contribution in [0.3, 0.4) is 0 Å². The van der Waals surface area contributed by atoms with Gasteiger partial charge in [0, 0.05) is 30.5 Å². The molecule has 0 saturated heterocycles. The summed E-state index contributed by atoms with van der Waals surface area (Å²) < 4.78 is 0. The summed E-state index contributed by atoms with van der Waals surface area (Å²) >= 11 is 3.90. The lowest BCUT2D eigenvalue weighted by molar-refractivity contribution is 1.31. The second-order valence-electron chi connectivity index (χ2n) is 4.02. The van der Waals surface area contributed by atoms with Crippen LogP contribution in [0.25, 0.3) is 0 Å². The number of benzene rings is 2. The van der Waals surface area contributed by atoms with Crippen molar-refractivity contribution in [1.29, 1.82) is 0 Å². The van der Waals surface area contributed by atoms with Crippen molar-refractivity contribution < 1.29 is 0 Å². The number of rotatable bonds is 4. The minimum atomic E-state index is -0.700. The minimum absolute atomic E-state index is 0. The molecular weight excluding hydrogens is 317 g/mol. The molecule has 0 nitrogen and oxygen atoms in total. The quantitative estimate of drug-likeness (QED) is 0.778. The molecule has 0 saturated carbocycles. The summed E-state index contributed by atoms with van der Waals surface area (Å²) in [4.78, 5) is 2.75. The fourth-order valence-electron chi connectivity index (χ4n) is 1.56. The highest BCUT2D eigenvalue weighted by Gasteiger charge is 2.11. The van der Waals surface area contributed by atoms with E-state index in [-0.39, 0.29) is 11.0 Å². The molecule has 94 valence electrons. The molecule has 2 aromatic carbocycles. The first-order chi connectivity index (χ1) is 8.66. The fraction of sp³-hybridized carbons (Fsp3) is 0.143. The second kappa shape index (κ2) is 8.16. The molecule has 0 amide bonds. The summed E-state index contributed by atoms with van der Waals surface area (Å²) in [7, 11) is 3.90. The van der Waals surface area contributed by atoms with E-state index in [0.29, 0.717) is 0 Å². The first kappa shape index (κ1) is 16.8. The molecule has 0 unspecified atom stereocenters. The Hall–Kier alpha value is -0.209. The lowest BCUT2D eigenvalue weighted by Crippen LogP contribution is -2.03. The molecule has 2 aromatic rings. The van der Waals surface area contributed by atoms with Crippen molar-refractivity contribution in [3.05, 3.63) is 59.7 Å².